The summed E-state index contributed by atoms with van der Waals surface area (Å²) in [5.74, 6) is -11.9. The van der Waals surface area contributed by atoms with Crippen LogP contribution in [0, 0.1) is 40.9 Å². The summed E-state index contributed by atoms with van der Waals surface area (Å²) in [6, 6.07) is -1.31. The number of allylic oxidation sites excluding steroid dienone is 6. The third-order valence-electron chi connectivity index (χ3n) is 15.4. The lowest BCUT2D eigenvalue weighted by atomic mass is 9.78. The number of esters is 2. The summed E-state index contributed by atoms with van der Waals surface area (Å²) in [6.07, 6.45) is 5.99. The van der Waals surface area contributed by atoms with Crippen molar-refractivity contribution in [2.75, 3.05) is 41.0 Å². The lowest BCUT2D eigenvalue weighted by Crippen LogP contribution is -2.61. The van der Waals surface area contributed by atoms with Crippen molar-refractivity contribution in [1.82, 2.24) is 4.90 Å². The predicted octanol–water partition coefficient (Wildman–Crippen LogP) is 5.72. The number of carbonyl (C=O) groups excluding carboxylic acids is 6. The second-order valence-electron chi connectivity index (χ2n) is 20.9. The Bertz CT molecular complexity index is 2260. The SMILES string of the molecule is [2H]C([2H])([2H])C(C(=O)O[C@@H]1CC[C@@H](C[C@@H](C)[C@@H]2CC(=O)[C@H](C)C=C(C)[C@@H](O)[C@@H](OC)C(=O)[C@H](C)C[C@H](C)C=CC=CC=C(C)[C@@H](OC)C[C@@H]3CC[C@@H](C)[C@@](O)(O3)C(=O)C(=O)N3CCCC[C@H]3C(=O)O2)C[C@H]1OC)(C([2H])([2H])O)C([2H])([2H])O. The Morgan fingerprint density at radius 1 is 0.904 bits per heavy atom. The Hall–Kier alpha value is -3.94. The lowest BCUT2D eigenvalue weighted by Gasteiger charge is -2.42. The monoisotopic (exact) mass is 1040 g/mol. The third kappa shape index (κ3) is 16.0. The third-order valence-corrected chi connectivity index (χ3v) is 15.4. The Morgan fingerprint density at radius 2 is 1.62 bits per heavy atom. The molecule has 2 bridgehead atoms. The summed E-state index contributed by atoms with van der Waals surface area (Å²) < 4.78 is 89.7. The first-order valence-corrected chi connectivity index (χ1v) is 25.8. The predicted molar refractivity (Wildman–Crippen MR) is 271 cm³/mol. The van der Waals surface area contributed by atoms with Crippen molar-refractivity contribution in [1.29, 1.82) is 0 Å². The van der Waals surface area contributed by atoms with Crippen molar-refractivity contribution in [2.24, 2.45) is 40.9 Å². The molecule has 1 amide bonds. The molecule has 0 radical (unpaired) electrons. The maximum absolute atomic E-state index is 14.6. The maximum Gasteiger partial charge on any atom is 0.329 e. The molecule has 0 aromatic heterocycles. The number of hydrogen-bond acceptors (Lipinski definition) is 16. The van der Waals surface area contributed by atoms with Gasteiger partial charge in [0, 0.05) is 62.6 Å². The van der Waals surface area contributed by atoms with E-state index in [-0.39, 0.29) is 74.7 Å². The summed E-state index contributed by atoms with van der Waals surface area (Å²) in [5, 5.41) is 44.2. The van der Waals surface area contributed by atoms with Crippen molar-refractivity contribution >= 4 is 35.2 Å². The van der Waals surface area contributed by atoms with Gasteiger partial charge < -0.3 is 53.7 Å². The molecular formula is C56H87NO16. The van der Waals surface area contributed by atoms with Gasteiger partial charge in [-0.2, -0.15) is 0 Å². The first-order chi connectivity index (χ1) is 37.1. The number of fused-ring (bicyclic) bond motifs is 3. The van der Waals surface area contributed by atoms with E-state index in [0.29, 0.717) is 32.1 Å². The smallest absolute Gasteiger partial charge is 0.329 e. The van der Waals surface area contributed by atoms with E-state index in [1.807, 2.05) is 44.2 Å². The van der Waals surface area contributed by atoms with Crippen LogP contribution >= 0.6 is 0 Å². The van der Waals surface area contributed by atoms with E-state index >= 15 is 0 Å². The molecule has 0 aromatic carbocycles. The molecule has 4 aliphatic rings. The highest BCUT2D eigenvalue weighted by molar-refractivity contribution is 6.39. The number of aliphatic hydroxyl groups excluding tert-OH is 1. The van der Waals surface area contributed by atoms with Crippen LogP contribution in [0.4, 0.5) is 0 Å². The first-order valence-electron chi connectivity index (χ1n) is 29.3. The number of cyclic esters (lactones) is 1. The fraction of sp³-hybridized carbons (Fsp3) is 0.750. The summed E-state index contributed by atoms with van der Waals surface area (Å²) in [7, 11) is 4.11. The van der Waals surface area contributed by atoms with Gasteiger partial charge in [0.15, 0.2) is 5.78 Å². The van der Waals surface area contributed by atoms with E-state index in [9.17, 15) is 49.2 Å². The molecule has 3 fully saturated rings. The molecule has 17 heteroatoms. The summed E-state index contributed by atoms with van der Waals surface area (Å²) in [6.45, 7) is -0.202. The highest BCUT2D eigenvalue weighted by Crippen LogP contribution is 2.38. The molecule has 0 aromatic rings. The van der Waals surface area contributed by atoms with Crippen LogP contribution in [0.15, 0.2) is 47.6 Å². The number of hydrogen-bond donors (Lipinski definition) is 4. The highest BCUT2D eigenvalue weighted by atomic mass is 16.6. The standard InChI is InChI=1S/C56H87NO16/c1-33-17-13-12-14-18-34(2)45(68-9)29-41-22-20-39(7)56(67,73-41)51(63)52(64)57-24-16-15-19-42(57)53(65)71-46(30-43(60)35(3)26-38(6)49(62)50(70-11)48(61)37(5)25-33)36(4)27-40-21-23-44(47(28-40)69-10)72-54(66)55(8,31-58)32-59/h12-14,17-18,26,33,35-37,39-42,44-47,49-50,58-59,62,67H,15-16,19-25,27-32H2,1-11H3/t33-,35-,36-,37-,39-,40+,41+,42+,44-,45+,46+,47-,49-,50+,56-/m1/s1/i8D3,31D2,32D2. The van der Waals surface area contributed by atoms with Crippen LogP contribution < -0.4 is 0 Å². The zero-order valence-electron chi connectivity index (χ0n) is 51.4. The molecule has 17 nitrogen and oxygen atoms in total. The van der Waals surface area contributed by atoms with Crippen molar-refractivity contribution in [3.8, 4) is 0 Å². The Morgan fingerprint density at radius 3 is 2.26 bits per heavy atom. The summed E-state index contributed by atoms with van der Waals surface area (Å²) in [5.41, 5.74) is -3.00. The number of nitrogens with zero attached hydrogens (tertiary/aromatic N) is 1. The normalized spacial score (nSPS) is 37.1. The maximum atomic E-state index is 14.6. The minimum Gasteiger partial charge on any atom is -0.460 e. The second kappa shape index (κ2) is 28.3. The quantitative estimate of drug-likeness (QED) is 0.116. The summed E-state index contributed by atoms with van der Waals surface area (Å²) in [4.78, 5) is 86.2. The number of ether oxygens (including phenoxy) is 6. The molecule has 412 valence electrons. The molecule has 4 rings (SSSR count). The van der Waals surface area contributed by atoms with Gasteiger partial charge in [-0.15, -0.1) is 0 Å². The first kappa shape index (κ1) is 51.2. The number of amides is 1. The average molecular weight is 1040 g/mol. The number of carbonyl (C=O) groups is 6. The van der Waals surface area contributed by atoms with Gasteiger partial charge in [0.2, 0.25) is 5.79 Å². The number of rotatable bonds is 10. The number of Topliss-reactive ketones (excluding diaryl/α,β-unsaturated/α-hetero) is 3. The van der Waals surface area contributed by atoms with Crippen LogP contribution in [-0.4, -0.2) is 156 Å². The van der Waals surface area contributed by atoms with Gasteiger partial charge in [0.05, 0.1) is 36.9 Å². The van der Waals surface area contributed by atoms with Crippen LogP contribution in [0.25, 0.3) is 0 Å². The lowest BCUT2D eigenvalue weighted by molar-refractivity contribution is -0.265. The molecule has 73 heavy (non-hydrogen) atoms. The molecule has 3 heterocycles. The van der Waals surface area contributed by atoms with Crippen LogP contribution in [0.2, 0.25) is 0 Å². The molecule has 15 atom stereocenters. The zero-order valence-corrected chi connectivity index (χ0v) is 44.4. The van der Waals surface area contributed by atoms with Gasteiger partial charge in [0.25, 0.3) is 11.7 Å². The number of aliphatic hydroxyl groups is 4. The van der Waals surface area contributed by atoms with Gasteiger partial charge in [0.1, 0.15) is 41.7 Å². The van der Waals surface area contributed by atoms with Crippen molar-refractivity contribution < 1.29 is 87.2 Å². The minimum absolute atomic E-state index is 0.0344. The van der Waals surface area contributed by atoms with E-state index in [1.165, 1.54) is 27.4 Å². The topological polar surface area (TPSA) is 242 Å². The number of ketones is 3. The van der Waals surface area contributed by atoms with Crippen molar-refractivity contribution in [3.63, 3.8) is 0 Å². The molecule has 1 saturated carbocycles. The van der Waals surface area contributed by atoms with E-state index in [2.05, 4.69) is 0 Å². The van der Waals surface area contributed by atoms with Crippen LogP contribution in [0.1, 0.15) is 142 Å². The number of piperidine rings is 1. The Balaban J connectivity index is 1.72. The van der Waals surface area contributed by atoms with E-state index in [1.54, 1.807) is 34.6 Å². The molecular weight excluding hydrogens is 943 g/mol. The van der Waals surface area contributed by atoms with Crippen LogP contribution in [0.5, 0.6) is 0 Å². The molecule has 3 aliphatic heterocycles. The molecule has 4 N–H and O–H groups in total. The van der Waals surface area contributed by atoms with Gasteiger partial charge >= 0.3 is 11.9 Å². The van der Waals surface area contributed by atoms with E-state index in [4.69, 9.17) is 38.0 Å². The Labute approximate surface area is 442 Å². The minimum atomic E-state index is -4.14. The largest absolute Gasteiger partial charge is 0.460 e. The molecule has 1 aliphatic carbocycles. The molecule has 0 unspecified atom stereocenters. The zero-order chi connectivity index (χ0) is 60.5. The number of methoxy groups -OCH3 is 3. The average Bonchev–Trinajstić information content (AvgIpc) is 3.36. The van der Waals surface area contributed by atoms with E-state index in [0.717, 1.165) is 10.5 Å². The fourth-order valence-corrected chi connectivity index (χ4v) is 10.6. The second-order valence-corrected chi connectivity index (χ2v) is 20.9. The molecule has 0 spiro atoms. The van der Waals surface area contributed by atoms with Crippen molar-refractivity contribution in [3.05, 3.63) is 47.6 Å². The fourth-order valence-electron chi connectivity index (χ4n) is 10.6. The van der Waals surface area contributed by atoms with Gasteiger partial charge in [-0.05, 0) is 114 Å². The highest BCUT2D eigenvalue weighted by Gasteiger charge is 2.53. The van der Waals surface area contributed by atoms with Gasteiger partial charge in [-0.3, -0.25) is 24.0 Å². The van der Waals surface area contributed by atoms with Gasteiger partial charge in [-0.25, -0.2) is 4.79 Å². The van der Waals surface area contributed by atoms with Gasteiger partial charge in [-0.1, -0.05) is 71.1 Å². The van der Waals surface area contributed by atoms with Crippen LogP contribution in [0.3, 0.4) is 0 Å². The van der Waals surface area contributed by atoms with Crippen molar-refractivity contribution in [2.45, 2.75) is 187 Å². The molecule has 2 saturated heterocycles. The van der Waals surface area contributed by atoms with Crippen LogP contribution in [-0.2, 0) is 57.2 Å². The Kier molecular flexibility index (Phi) is 19.8. The van der Waals surface area contributed by atoms with E-state index < -0.39 is 133 Å². The summed E-state index contributed by atoms with van der Waals surface area (Å²) >= 11 is 0.